The van der Waals surface area contributed by atoms with E-state index in [1.54, 1.807) is 6.20 Å². The van der Waals surface area contributed by atoms with Crippen LogP contribution in [0.4, 0.5) is 5.82 Å². The minimum atomic E-state index is 0.372. The van der Waals surface area contributed by atoms with Crippen molar-refractivity contribution in [1.29, 1.82) is 0 Å². The van der Waals surface area contributed by atoms with Crippen molar-refractivity contribution in [2.75, 3.05) is 5.32 Å². The Kier molecular flexibility index (Phi) is 2.74. The van der Waals surface area contributed by atoms with Crippen molar-refractivity contribution >= 4 is 5.82 Å². The van der Waals surface area contributed by atoms with Crippen LogP contribution in [-0.2, 0) is 6.42 Å². The first-order valence-electron chi connectivity index (χ1n) is 6.05. The van der Waals surface area contributed by atoms with Crippen molar-refractivity contribution < 1.29 is 0 Å². The van der Waals surface area contributed by atoms with Crippen LogP contribution in [0.5, 0.6) is 0 Å². The summed E-state index contributed by atoms with van der Waals surface area (Å²) < 4.78 is 0. The van der Waals surface area contributed by atoms with Crippen LogP contribution in [0.3, 0.4) is 0 Å². The third kappa shape index (κ3) is 2.13. The second kappa shape index (κ2) is 4.53. The van der Waals surface area contributed by atoms with E-state index in [2.05, 4.69) is 39.8 Å². The quantitative estimate of drug-likeness (QED) is 0.853. The van der Waals surface area contributed by atoms with E-state index in [-0.39, 0.29) is 0 Å². The zero-order chi connectivity index (χ0) is 11.5. The van der Waals surface area contributed by atoms with Crippen molar-refractivity contribution in [3.05, 3.63) is 53.7 Å². The second-order valence-corrected chi connectivity index (χ2v) is 4.40. The third-order valence-corrected chi connectivity index (χ3v) is 3.26. The SMILES string of the molecule is c1cnnc(NC2CCCc3ccccc32)c1. The summed E-state index contributed by atoms with van der Waals surface area (Å²) in [4.78, 5) is 0. The van der Waals surface area contributed by atoms with Gasteiger partial charge in [0.2, 0.25) is 0 Å². The first-order chi connectivity index (χ1) is 8.43. The van der Waals surface area contributed by atoms with Gasteiger partial charge in [0, 0.05) is 6.20 Å². The summed E-state index contributed by atoms with van der Waals surface area (Å²) >= 11 is 0. The minimum Gasteiger partial charge on any atom is -0.362 e. The Balaban J connectivity index is 1.86. The lowest BCUT2D eigenvalue weighted by Gasteiger charge is -2.26. The molecule has 0 radical (unpaired) electrons. The number of fused-ring (bicyclic) bond motifs is 1. The molecule has 1 heterocycles. The van der Waals surface area contributed by atoms with Crippen molar-refractivity contribution in [3.8, 4) is 0 Å². The minimum absolute atomic E-state index is 0.372. The molecule has 2 aromatic rings. The van der Waals surface area contributed by atoms with Gasteiger partial charge in [-0.15, -0.1) is 5.10 Å². The summed E-state index contributed by atoms with van der Waals surface area (Å²) in [6, 6.07) is 12.9. The Morgan fingerprint density at radius 2 is 2.06 bits per heavy atom. The van der Waals surface area contributed by atoms with Crippen LogP contribution in [-0.4, -0.2) is 10.2 Å². The maximum Gasteiger partial charge on any atom is 0.149 e. The smallest absolute Gasteiger partial charge is 0.149 e. The number of rotatable bonds is 2. The van der Waals surface area contributed by atoms with E-state index in [0.29, 0.717) is 6.04 Å². The highest BCUT2D eigenvalue weighted by molar-refractivity contribution is 5.41. The van der Waals surface area contributed by atoms with E-state index in [9.17, 15) is 0 Å². The number of aryl methyl sites for hydroxylation is 1. The van der Waals surface area contributed by atoms with E-state index in [1.807, 2.05) is 12.1 Å². The molecule has 1 aliphatic rings. The van der Waals surface area contributed by atoms with Crippen molar-refractivity contribution in [2.24, 2.45) is 0 Å². The molecule has 0 aliphatic heterocycles. The van der Waals surface area contributed by atoms with Crippen LogP contribution < -0.4 is 5.32 Å². The number of hydrogen-bond acceptors (Lipinski definition) is 3. The summed E-state index contributed by atoms with van der Waals surface area (Å²) in [5, 5.41) is 11.4. The number of nitrogens with one attached hydrogen (secondary N) is 1. The fraction of sp³-hybridized carbons (Fsp3) is 0.286. The molecule has 1 aliphatic carbocycles. The highest BCUT2D eigenvalue weighted by atomic mass is 15.2. The zero-order valence-corrected chi connectivity index (χ0v) is 9.63. The fourth-order valence-corrected chi connectivity index (χ4v) is 2.46. The van der Waals surface area contributed by atoms with Crippen LogP contribution >= 0.6 is 0 Å². The number of hydrogen-bond donors (Lipinski definition) is 1. The fourth-order valence-electron chi connectivity index (χ4n) is 2.46. The van der Waals surface area contributed by atoms with Gasteiger partial charge in [0.1, 0.15) is 5.82 Å². The molecule has 0 amide bonds. The van der Waals surface area contributed by atoms with Crippen LogP contribution in [0.25, 0.3) is 0 Å². The molecule has 17 heavy (non-hydrogen) atoms. The molecule has 1 aromatic carbocycles. The lowest BCUT2D eigenvalue weighted by Crippen LogP contribution is -2.17. The van der Waals surface area contributed by atoms with Crippen LogP contribution in [0.1, 0.15) is 30.0 Å². The largest absolute Gasteiger partial charge is 0.362 e. The average molecular weight is 225 g/mol. The summed E-state index contributed by atoms with van der Waals surface area (Å²) in [6.45, 7) is 0. The van der Waals surface area contributed by atoms with Gasteiger partial charge in [-0.1, -0.05) is 24.3 Å². The van der Waals surface area contributed by atoms with Crippen LogP contribution in [0, 0.1) is 0 Å². The Bertz CT molecular complexity index is 496. The van der Waals surface area contributed by atoms with Gasteiger partial charge in [-0.05, 0) is 42.5 Å². The number of nitrogens with zero attached hydrogens (tertiary/aromatic N) is 2. The molecule has 0 bridgehead atoms. The van der Waals surface area contributed by atoms with E-state index in [1.165, 1.54) is 24.0 Å². The van der Waals surface area contributed by atoms with Gasteiger partial charge in [-0.2, -0.15) is 5.10 Å². The lowest BCUT2D eigenvalue weighted by atomic mass is 9.88. The lowest BCUT2D eigenvalue weighted by molar-refractivity contribution is 0.597. The zero-order valence-electron chi connectivity index (χ0n) is 9.63. The number of benzene rings is 1. The molecule has 0 fully saturated rings. The maximum absolute atomic E-state index is 4.08. The summed E-state index contributed by atoms with van der Waals surface area (Å²) in [5.74, 6) is 0.856. The highest BCUT2D eigenvalue weighted by Crippen LogP contribution is 2.31. The van der Waals surface area contributed by atoms with Crippen molar-refractivity contribution in [3.63, 3.8) is 0 Å². The predicted octanol–water partition coefficient (Wildman–Crippen LogP) is 2.97. The van der Waals surface area contributed by atoms with Gasteiger partial charge < -0.3 is 5.32 Å². The summed E-state index contributed by atoms with van der Waals surface area (Å²) in [6.07, 6.45) is 5.28. The molecular formula is C14H15N3. The first-order valence-corrected chi connectivity index (χ1v) is 6.05. The first kappa shape index (κ1) is 10.3. The molecule has 0 saturated heterocycles. The molecule has 1 atom stereocenters. The number of anilines is 1. The Morgan fingerprint density at radius 1 is 1.12 bits per heavy atom. The topological polar surface area (TPSA) is 37.8 Å². The molecule has 1 unspecified atom stereocenters. The van der Waals surface area contributed by atoms with E-state index in [0.717, 1.165) is 12.2 Å². The van der Waals surface area contributed by atoms with Crippen molar-refractivity contribution in [2.45, 2.75) is 25.3 Å². The Morgan fingerprint density at radius 3 is 2.94 bits per heavy atom. The average Bonchev–Trinajstić information content (AvgIpc) is 2.40. The third-order valence-electron chi connectivity index (χ3n) is 3.26. The van der Waals surface area contributed by atoms with Gasteiger partial charge in [0.15, 0.2) is 0 Å². The van der Waals surface area contributed by atoms with E-state index in [4.69, 9.17) is 0 Å². The molecule has 86 valence electrons. The molecule has 3 nitrogen and oxygen atoms in total. The molecule has 1 aromatic heterocycles. The second-order valence-electron chi connectivity index (χ2n) is 4.40. The summed E-state index contributed by atoms with van der Waals surface area (Å²) in [7, 11) is 0. The van der Waals surface area contributed by atoms with Gasteiger partial charge in [0.05, 0.1) is 6.04 Å². The number of aromatic nitrogens is 2. The van der Waals surface area contributed by atoms with Gasteiger partial charge in [-0.25, -0.2) is 0 Å². The molecule has 3 rings (SSSR count). The van der Waals surface area contributed by atoms with Gasteiger partial charge >= 0.3 is 0 Å². The summed E-state index contributed by atoms with van der Waals surface area (Å²) in [5.41, 5.74) is 2.87. The highest BCUT2D eigenvalue weighted by Gasteiger charge is 2.19. The normalized spacial score (nSPS) is 18.5. The molecule has 0 spiro atoms. The van der Waals surface area contributed by atoms with Crippen LogP contribution in [0.15, 0.2) is 42.6 Å². The van der Waals surface area contributed by atoms with E-state index >= 15 is 0 Å². The maximum atomic E-state index is 4.08. The van der Waals surface area contributed by atoms with E-state index < -0.39 is 0 Å². The Hall–Kier alpha value is -1.90. The standard InChI is InChI=1S/C14H15N3/c1-2-7-12-11(5-1)6-3-8-13(12)16-14-9-4-10-15-17-14/h1-2,4-5,7,9-10,13H,3,6,8H2,(H,16,17). The van der Waals surface area contributed by atoms with Gasteiger partial charge in [-0.3, -0.25) is 0 Å². The molecule has 0 saturated carbocycles. The Labute approximate surface area is 101 Å². The monoisotopic (exact) mass is 225 g/mol. The molecule has 1 N–H and O–H groups in total. The predicted molar refractivity (Wildman–Crippen MR) is 67.8 cm³/mol. The molecular weight excluding hydrogens is 210 g/mol. The molecule has 3 heteroatoms. The van der Waals surface area contributed by atoms with Crippen LogP contribution in [0.2, 0.25) is 0 Å². The van der Waals surface area contributed by atoms with Crippen molar-refractivity contribution in [1.82, 2.24) is 10.2 Å². The van der Waals surface area contributed by atoms with Gasteiger partial charge in [0.25, 0.3) is 0 Å².